The SMILES string of the molecule is CSCCC(=O)N1CC(C)OC(CBr)C1. The Morgan fingerprint density at radius 1 is 1.60 bits per heavy atom. The Morgan fingerprint density at radius 3 is 2.93 bits per heavy atom. The van der Waals surface area contributed by atoms with E-state index in [2.05, 4.69) is 15.9 Å². The van der Waals surface area contributed by atoms with E-state index in [9.17, 15) is 4.79 Å². The molecule has 0 bridgehead atoms. The monoisotopic (exact) mass is 295 g/mol. The van der Waals surface area contributed by atoms with Crippen LogP contribution in [-0.4, -0.2) is 53.4 Å². The largest absolute Gasteiger partial charge is 0.371 e. The van der Waals surface area contributed by atoms with Gasteiger partial charge in [-0.15, -0.1) is 0 Å². The van der Waals surface area contributed by atoms with Crippen molar-refractivity contribution in [2.24, 2.45) is 0 Å². The number of carbonyl (C=O) groups excluding carboxylic acids is 1. The van der Waals surface area contributed by atoms with E-state index in [0.717, 1.165) is 24.2 Å². The summed E-state index contributed by atoms with van der Waals surface area (Å²) in [5.41, 5.74) is 0. The van der Waals surface area contributed by atoms with Gasteiger partial charge >= 0.3 is 0 Å². The summed E-state index contributed by atoms with van der Waals surface area (Å²) in [6.45, 7) is 3.48. The van der Waals surface area contributed by atoms with Crippen LogP contribution < -0.4 is 0 Å². The minimum atomic E-state index is 0.145. The van der Waals surface area contributed by atoms with Crippen molar-refractivity contribution >= 4 is 33.6 Å². The van der Waals surface area contributed by atoms with Gasteiger partial charge in [0, 0.05) is 30.6 Å². The van der Waals surface area contributed by atoms with Crippen LogP contribution in [-0.2, 0) is 9.53 Å². The lowest BCUT2D eigenvalue weighted by atomic mass is 10.2. The highest BCUT2D eigenvalue weighted by atomic mass is 79.9. The van der Waals surface area contributed by atoms with Crippen LogP contribution in [0.3, 0.4) is 0 Å². The summed E-state index contributed by atoms with van der Waals surface area (Å²) < 4.78 is 5.67. The first-order valence-electron chi connectivity index (χ1n) is 5.15. The number of hydrogen-bond acceptors (Lipinski definition) is 3. The molecule has 0 aromatic heterocycles. The molecule has 1 rings (SSSR count). The number of alkyl halides is 1. The molecule has 1 fully saturated rings. The second-order valence-corrected chi connectivity index (χ2v) is 5.40. The lowest BCUT2D eigenvalue weighted by molar-refractivity contribution is -0.142. The molecule has 0 aromatic rings. The van der Waals surface area contributed by atoms with Crippen LogP contribution in [0.1, 0.15) is 13.3 Å². The average Bonchev–Trinajstić information content (AvgIpc) is 2.24. The molecule has 0 N–H and O–H groups in total. The molecule has 2 atom stereocenters. The first-order chi connectivity index (χ1) is 7.17. The molecular formula is C10H18BrNO2S. The highest BCUT2D eigenvalue weighted by Crippen LogP contribution is 2.14. The molecule has 1 aliphatic rings. The Morgan fingerprint density at radius 2 is 2.33 bits per heavy atom. The van der Waals surface area contributed by atoms with Crippen LogP contribution in [0.15, 0.2) is 0 Å². The van der Waals surface area contributed by atoms with Gasteiger partial charge in [-0.25, -0.2) is 0 Å². The molecule has 15 heavy (non-hydrogen) atoms. The minimum Gasteiger partial charge on any atom is -0.371 e. The Labute approximate surface area is 104 Å². The fourth-order valence-corrected chi connectivity index (χ4v) is 2.42. The third kappa shape index (κ3) is 4.33. The molecule has 1 heterocycles. The second-order valence-electron chi connectivity index (χ2n) is 3.76. The zero-order chi connectivity index (χ0) is 11.3. The molecule has 5 heteroatoms. The maximum absolute atomic E-state index is 11.8. The number of morpholine rings is 1. The molecule has 0 spiro atoms. The Bertz CT molecular complexity index is 216. The predicted octanol–water partition coefficient (Wildman–Crippen LogP) is 1.75. The van der Waals surface area contributed by atoms with Gasteiger partial charge in [-0.1, -0.05) is 15.9 Å². The van der Waals surface area contributed by atoms with E-state index in [-0.39, 0.29) is 18.1 Å². The summed E-state index contributed by atoms with van der Waals surface area (Å²) in [7, 11) is 0. The second kappa shape index (κ2) is 6.76. The first-order valence-corrected chi connectivity index (χ1v) is 7.67. The van der Waals surface area contributed by atoms with Crippen LogP contribution in [0.4, 0.5) is 0 Å². The highest BCUT2D eigenvalue weighted by Gasteiger charge is 2.27. The van der Waals surface area contributed by atoms with Gasteiger partial charge < -0.3 is 9.64 Å². The number of amides is 1. The highest BCUT2D eigenvalue weighted by molar-refractivity contribution is 9.09. The van der Waals surface area contributed by atoms with E-state index in [1.165, 1.54) is 0 Å². The van der Waals surface area contributed by atoms with Crippen molar-refractivity contribution in [1.29, 1.82) is 0 Å². The maximum Gasteiger partial charge on any atom is 0.223 e. The lowest BCUT2D eigenvalue weighted by Crippen LogP contribution is -2.49. The van der Waals surface area contributed by atoms with Crippen molar-refractivity contribution in [3.8, 4) is 0 Å². The lowest BCUT2D eigenvalue weighted by Gasteiger charge is -2.36. The number of carbonyl (C=O) groups is 1. The van der Waals surface area contributed by atoms with Gasteiger partial charge in [-0.2, -0.15) is 11.8 Å². The van der Waals surface area contributed by atoms with Crippen molar-refractivity contribution in [2.75, 3.05) is 30.4 Å². The fourth-order valence-electron chi connectivity index (χ4n) is 1.68. The van der Waals surface area contributed by atoms with Crippen molar-refractivity contribution in [3.63, 3.8) is 0 Å². The van der Waals surface area contributed by atoms with E-state index in [0.29, 0.717) is 6.42 Å². The smallest absolute Gasteiger partial charge is 0.223 e. The third-order valence-corrected chi connectivity index (χ3v) is 3.71. The number of halogens is 1. The van der Waals surface area contributed by atoms with Crippen molar-refractivity contribution in [3.05, 3.63) is 0 Å². The number of hydrogen-bond donors (Lipinski definition) is 0. The number of nitrogens with zero attached hydrogens (tertiary/aromatic N) is 1. The summed E-state index contributed by atoms with van der Waals surface area (Å²) in [6.07, 6.45) is 2.96. The molecule has 0 saturated carbocycles. The van der Waals surface area contributed by atoms with Gasteiger partial charge in [0.05, 0.1) is 12.2 Å². The van der Waals surface area contributed by atoms with Crippen molar-refractivity contribution < 1.29 is 9.53 Å². The Balaban J connectivity index is 2.42. The van der Waals surface area contributed by atoms with Crippen molar-refractivity contribution in [2.45, 2.75) is 25.6 Å². The molecule has 1 saturated heterocycles. The first kappa shape index (κ1) is 13.3. The molecule has 2 unspecified atom stereocenters. The van der Waals surface area contributed by atoms with Gasteiger partial charge in [0.15, 0.2) is 0 Å². The summed E-state index contributed by atoms with van der Waals surface area (Å²) >= 11 is 5.11. The van der Waals surface area contributed by atoms with Crippen molar-refractivity contribution in [1.82, 2.24) is 4.90 Å². The fraction of sp³-hybridized carbons (Fsp3) is 0.900. The molecule has 0 aliphatic carbocycles. The van der Waals surface area contributed by atoms with E-state index >= 15 is 0 Å². The van der Waals surface area contributed by atoms with E-state index in [4.69, 9.17) is 4.74 Å². The van der Waals surface area contributed by atoms with E-state index in [1.54, 1.807) is 11.8 Å². The number of thioether (sulfide) groups is 1. The van der Waals surface area contributed by atoms with Gasteiger partial charge in [0.1, 0.15) is 0 Å². The molecule has 3 nitrogen and oxygen atoms in total. The molecule has 0 radical (unpaired) electrons. The quantitative estimate of drug-likeness (QED) is 0.740. The van der Waals surface area contributed by atoms with Gasteiger partial charge in [-0.05, 0) is 13.2 Å². The Kier molecular flexibility index (Phi) is 6.00. The Hall–Kier alpha value is 0.260. The average molecular weight is 296 g/mol. The topological polar surface area (TPSA) is 29.5 Å². The van der Waals surface area contributed by atoms with Crippen LogP contribution in [0, 0.1) is 0 Å². The van der Waals surface area contributed by atoms with Crippen LogP contribution in [0.25, 0.3) is 0 Å². The summed E-state index contributed by atoms with van der Waals surface area (Å²) in [6, 6.07) is 0. The maximum atomic E-state index is 11.8. The van der Waals surface area contributed by atoms with E-state index < -0.39 is 0 Å². The van der Waals surface area contributed by atoms with Crippen LogP contribution in [0.5, 0.6) is 0 Å². The summed E-state index contributed by atoms with van der Waals surface area (Å²) in [5, 5.41) is 0.795. The standard InChI is InChI=1S/C10H18BrNO2S/c1-8-6-12(7-9(5-11)14-8)10(13)3-4-15-2/h8-9H,3-7H2,1-2H3. The van der Waals surface area contributed by atoms with E-state index in [1.807, 2.05) is 18.1 Å². The summed E-state index contributed by atoms with van der Waals surface area (Å²) in [4.78, 5) is 13.7. The summed E-state index contributed by atoms with van der Waals surface area (Å²) in [5.74, 6) is 1.16. The molecule has 1 amide bonds. The van der Waals surface area contributed by atoms with Gasteiger partial charge in [0.2, 0.25) is 5.91 Å². The molecule has 0 aromatic carbocycles. The molecule has 88 valence electrons. The number of rotatable bonds is 4. The minimum absolute atomic E-state index is 0.145. The van der Waals surface area contributed by atoms with Crippen LogP contribution >= 0.6 is 27.7 Å². The predicted molar refractivity (Wildman–Crippen MR) is 67.7 cm³/mol. The van der Waals surface area contributed by atoms with Gasteiger partial charge in [0.25, 0.3) is 0 Å². The van der Waals surface area contributed by atoms with Crippen LogP contribution in [0.2, 0.25) is 0 Å². The molecular weight excluding hydrogens is 278 g/mol. The number of ether oxygens (including phenoxy) is 1. The zero-order valence-electron chi connectivity index (χ0n) is 9.24. The zero-order valence-corrected chi connectivity index (χ0v) is 11.6. The molecule has 1 aliphatic heterocycles. The normalized spacial score (nSPS) is 26.7. The third-order valence-electron chi connectivity index (χ3n) is 2.37. The van der Waals surface area contributed by atoms with Gasteiger partial charge in [-0.3, -0.25) is 4.79 Å².